The third-order valence-corrected chi connectivity index (χ3v) is 7.61. The molecule has 0 bridgehead atoms. The first-order chi connectivity index (χ1) is 18.7. The van der Waals surface area contributed by atoms with Gasteiger partial charge in [0, 0.05) is 0 Å². The molecule has 0 radical (unpaired) electrons. The van der Waals surface area contributed by atoms with Crippen molar-refractivity contribution in [1.29, 1.82) is 0 Å². The maximum Gasteiger partial charge on any atom is 0.228 e. The summed E-state index contributed by atoms with van der Waals surface area (Å²) in [6.07, 6.45) is -23.2. The highest BCUT2D eigenvalue weighted by Crippen LogP contribution is 2.33. The van der Waals surface area contributed by atoms with Crippen molar-refractivity contribution >= 4 is 0 Å². The molecule has 4 rings (SSSR count). The first kappa shape index (κ1) is 31.9. The molecule has 0 saturated carbocycles. The molecule has 18 atom stereocenters. The van der Waals surface area contributed by atoms with Crippen LogP contribution in [0, 0.1) is 0 Å². The maximum absolute atomic E-state index is 10.8. The van der Waals surface area contributed by atoms with Crippen LogP contribution < -0.4 is 0 Å². The first-order valence-corrected chi connectivity index (χ1v) is 13.1. The molecule has 0 aliphatic carbocycles. The van der Waals surface area contributed by atoms with Gasteiger partial charge < -0.3 is 79.1 Å². The molecule has 0 aromatic carbocycles. The topological polar surface area (TPSA) is 247 Å². The number of aliphatic hydroxyl groups excluding tert-OH is 9. The van der Waals surface area contributed by atoms with Gasteiger partial charge in [0.25, 0.3) is 0 Å². The molecule has 40 heavy (non-hydrogen) atoms. The van der Waals surface area contributed by atoms with Crippen LogP contribution in [0.4, 0.5) is 0 Å². The Morgan fingerprint density at radius 1 is 0.500 bits per heavy atom. The highest BCUT2D eigenvalue weighted by Gasteiger charge is 2.51. The summed E-state index contributed by atoms with van der Waals surface area (Å²) >= 11 is 0. The zero-order chi connectivity index (χ0) is 29.6. The van der Waals surface area contributed by atoms with Crippen LogP contribution in [0.25, 0.3) is 0 Å². The Morgan fingerprint density at radius 3 is 1.55 bits per heavy atom. The molecule has 0 amide bonds. The zero-order valence-corrected chi connectivity index (χ0v) is 22.4. The molecule has 4 aliphatic rings. The van der Waals surface area contributed by atoms with Crippen molar-refractivity contribution < 1.29 is 79.1 Å². The van der Waals surface area contributed by atoms with E-state index in [1.807, 2.05) is 0 Å². The Morgan fingerprint density at radius 2 is 0.975 bits per heavy atom. The predicted molar refractivity (Wildman–Crippen MR) is 127 cm³/mol. The molecule has 0 spiro atoms. The summed E-state index contributed by atoms with van der Waals surface area (Å²) in [5, 5.41) is 92.3. The summed E-state index contributed by atoms with van der Waals surface area (Å²) in [5.74, 6) is -0.248. The van der Waals surface area contributed by atoms with Gasteiger partial charge in [0.1, 0.15) is 61.0 Å². The van der Waals surface area contributed by atoms with E-state index in [1.165, 1.54) is 26.8 Å². The Bertz CT molecular complexity index is 876. The van der Waals surface area contributed by atoms with Gasteiger partial charge in [-0.3, -0.25) is 0 Å². The molecule has 0 aromatic heterocycles. The molecule has 18 unspecified atom stereocenters. The minimum Gasteiger partial charge on any atom is -0.461 e. The molecule has 4 aliphatic heterocycles. The van der Waals surface area contributed by atoms with Crippen molar-refractivity contribution in [3.05, 3.63) is 11.8 Å². The van der Waals surface area contributed by atoms with Gasteiger partial charge in [-0.25, -0.2) is 0 Å². The van der Waals surface area contributed by atoms with Crippen molar-refractivity contribution in [2.75, 3.05) is 0 Å². The van der Waals surface area contributed by atoms with Crippen LogP contribution in [0.15, 0.2) is 11.8 Å². The molecule has 3 saturated heterocycles. The highest BCUT2D eigenvalue weighted by molar-refractivity contribution is 5.08. The number of aliphatic hydroxyl groups is 9. The molecule has 4 heterocycles. The molecule has 16 nitrogen and oxygen atoms in total. The second-order valence-corrected chi connectivity index (χ2v) is 10.6. The van der Waals surface area contributed by atoms with Crippen molar-refractivity contribution in [3.8, 4) is 0 Å². The second-order valence-electron chi connectivity index (χ2n) is 10.6. The van der Waals surface area contributed by atoms with Crippen LogP contribution in [0.5, 0.6) is 0 Å². The summed E-state index contributed by atoms with van der Waals surface area (Å²) in [6.45, 7) is 5.93. The van der Waals surface area contributed by atoms with Gasteiger partial charge in [-0.1, -0.05) is 0 Å². The monoisotopic (exact) mass is 584 g/mol. The lowest BCUT2D eigenvalue weighted by Gasteiger charge is -2.46. The highest BCUT2D eigenvalue weighted by atomic mass is 16.8. The minimum absolute atomic E-state index is 0.248. The molecule has 9 N–H and O–H groups in total. The van der Waals surface area contributed by atoms with Crippen LogP contribution in [-0.2, 0) is 33.2 Å². The van der Waals surface area contributed by atoms with Gasteiger partial charge in [0.05, 0.1) is 24.4 Å². The summed E-state index contributed by atoms with van der Waals surface area (Å²) < 4.78 is 39.4. The fourth-order valence-electron chi connectivity index (χ4n) is 4.91. The average molecular weight is 585 g/mol. The quantitative estimate of drug-likeness (QED) is 0.143. The van der Waals surface area contributed by atoms with Crippen LogP contribution in [0.3, 0.4) is 0 Å². The number of hydrogen-bond donors (Lipinski definition) is 9. The molecule has 3 fully saturated rings. The normalized spacial score (nSPS) is 54.1. The summed E-state index contributed by atoms with van der Waals surface area (Å²) in [5.41, 5.74) is 0. The van der Waals surface area contributed by atoms with E-state index in [0.717, 1.165) is 0 Å². The summed E-state index contributed by atoms with van der Waals surface area (Å²) in [4.78, 5) is 0. The Kier molecular flexibility index (Phi) is 10.1. The van der Waals surface area contributed by atoms with Crippen molar-refractivity contribution in [3.63, 3.8) is 0 Å². The lowest BCUT2D eigenvalue weighted by molar-refractivity contribution is -0.368. The van der Waals surface area contributed by atoms with E-state index >= 15 is 0 Å². The van der Waals surface area contributed by atoms with Crippen LogP contribution in [0.2, 0.25) is 0 Å². The molecule has 0 aromatic rings. The molecular weight excluding hydrogens is 544 g/mol. The second kappa shape index (κ2) is 12.7. The molecule has 16 heteroatoms. The lowest BCUT2D eigenvalue weighted by atomic mass is 9.98. The molecular formula is C24H40O16. The van der Waals surface area contributed by atoms with Gasteiger partial charge in [0.15, 0.2) is 18.3 Å². The van der Waals surface area contributed by atoms with E-state index in [4.69, 9.17) is 33.2 Å². The van der Waals surface area contributed by atoms with Crippen LogP contribution >= 0.6 is 0 Å². The van der Waals surface area contributed by atoms with E-state index in [2.05, 4.69) is 0 Å². The Labute approximate surface area is 229 Å². The van der Waals surface area contributed by atoms with Crippen LogP contribution in [-0.4, -0.2) is 157 Å². The van der Waals surface area contributed by atoms with Crippen molar-refractivity contribution in [2.24, 2.45) is 0 Å². The fraction of sp³-hybridized carbons (Fsp3) is 0.917. The SMILES string of the molecule is CC1OC(O)C(OC2OC(C)C(O)C(O)C2O)=CC1OC1OC(C)C(O)C(O)C1OC1OC(C)C(O)C(O)C1O. The first-order valence-electron chi connectivity index (χ1n) is 13.1. The van der Waals surface area contributed by atoms with Crippen molar-refractivity contribution in [1.82, 2.24) is 0 Å². The van der Waals surface area contributed by atoms with E-state index in [0.29, 0.717) is 0 Å². The van der Waals surface area contributed by atoms with Crippen LogP contribution in [0.1, 0.15) is 27.7 Å². The van der Waals surface area contributed by atoms with Gasteiger partial charge in [0.2, 0.25) is 12.6 Å². The smallest absolute Gasteiger partial charge is 0.228 e. The molecule has 232 valence electrons. The average Bonchev–Trinajstić information content (AvgIpc) is 2.90. The standard InChI is InChI=1S/C24H40O16/c1-6-10(5-11(21(33)34-6)39-22-18(31)15(28)12(25)7(2)35-22)38-24-20(17(30)14(27)9(4)37-24)40-23-19(32)16(29)13(26)8(3)36-23/h5-10,12-33H,1-4H3. The third-order valence-electron chi connectivity index (χ3n) is 7.61. The maximum atomic E-state index is 10.8. The number of hydrogen-bond acceptors (Lipinski definition) is 16. The summed E-state index contributed by atoms with van der Waals surface area (Å²) in [7, 11) is 0. The fourth-order valence-corrected chi connectivity index (χ4v) is 4.91. The van der Waals surface area contributed by atoms with E-state index in [9.17, 15) is 46.0 Å². The Balaban J connectivity index is 1.52. The van der Waals surface area contributed by atoms with Gasteiger partial charge in [-0.15, -0.1) is 0 Å². The van der Waals surface area contributed by atoms with E-state index < -0.39 is 111 Å². The largest absolute Gasteiger partial charge is 0.461 e. The Hall–Kier alpha value is -1.06. The van der Waals surface area contributed by atoms with Gasteiger partial charge in [-0.2, -0.15) is 0 Å². The lowest BCUT2D eigenvalue weighted by Crippen LogP contribution is -2.63. The van der Waals surface area contributed by atoms with Gasteiger partial charge >= 0.3 is 0 Å². The van der Waals surface area contributed by atoms with Crippen molar-refractivity contribution in [2.45, 2.75) is 138 Å². The third kappa shape index (κ3) is 6.31. The van der Waals surface area contributed by atoms with E-state index in [1.54, 1.807) is 6.92 Å². The summed E-state index contributed by atoms with van der Waals surface area (Å²) in [6, 6.07) is 0. The van der Waals surface area contributed by atoms with E-state index in [-0.39, 0.29) is 5.76 Å². The number of ether oxygens (including phenoxy) is 7. The number of rotatable bonds is 6. The zero-order valence-electron chi connectivity index (χ0n) is 22.4. The predicted octanol–water partition coefficient (Wildman–Crippen LogP) is -4.48. The van der Waals surface area contributed by atoms with Gasteiger partial charge in [-0.05, 0) is 33.8 Å². The minimum atomic E-state index is -1.71.